The summed E-state index contributed by atoms with van der Waals surface area (Å²) in [6.45, 7) is 3.06. The SMILES string of the molecule is COC(=O)C(CN(CC1CC1)C1CC1)NC(C)=O. The quantitative estimate of drug-likeness (QED) is 0.674. The molecule has 0 aromatic rings. The van der Waals surface area contributed by atoms with Gasteiger partial charge in [0.2, 0.25) is 5.91 Å². The zero-order chi connectivity index (χ0) is 13.1. The monoisotopic (exact) mass is 254 g/mol. The molecular weight excluding hydrogens is 232 g/mol. The highest BCUT2D eigenvalue weighted by atomic mass is 16.5. The van der Waals surface area contributed by atoms with Crippen molar-refractivity contribution in [3.8, 4) is 0 Å². The van der Waals surface area contributed by atoms with Crippen molar-refractivity contribution in [1.29, 1.82) is 0 Å². The summed E-state index contributed by atoms with van der Waals surface area (Å²) in [6, 6.07) is 0.0679. The first-order valence-corrected chi connectivity index (χ1v) is 6.69. The van der Waals surface area contributed by atoms with Gasteiger partial charge in [0.25, 0.3) is 0 Å². The molecule has 0 spiro atoms. The van der Waals surface area contributed by atoms with Crippen LogP contribution in [0, 0.1) is 5.92 Å². The normalized spacial score (nSPS) is 20.6. The molecule has 0 saturated heterocycles. The van der Waals surface area contributed by atoms with Gasteiger partial charge in [-0.2, -0.15) is 0 Å². The summed E-state index contributed by atoms with van der Waals surface area (Å²) in [5, 5.41) is 2.68. The number of ether oxygens (including phenoxy) is 1. The Bertz CT molecular complexity index is 324. The largest absolute Gasteiger partial charge is 0.467 e. The number of carbonyl (C=O) groups excluding carboxylic acids is 2. The minimum Gasteiger partial charge on any atom is -0.467 e. The second-order valence-corrected chi connectivity index (χ2v) is 5.40. The van der Waals surface area contributed by atoms with E-state index in [1.165, 1.54) is 39.7 Å². The van der Waals surface area contributed by atoms with Crippen molar-refractivity contribution in [1.82, 2.24) is 10.2 Å². The Labute approximate surface area is 108 Å². The summed E-state index contributed by atoms with van der Waals surface area (Å²) >= 11 is 0. The molecule has 0 bridgehead atoms. The Morgan fingerprint density at radius 3 is 2.44 bits per heavy atom. The Balaban J connectivity index is 1.90. The molecule has 0 heterocycles. The number of hydrogen-bond donors (Lipinski definition) is 1. The van der Waals surface area contributed by atoms with Crippen molar-refractivity contribution < 1.29 is 14.3 Å². The van der Waals surface area contributed by atoms with Gasteiger partial charge < -0.3 is 10.1 Å². The van der Waals surface area contributed by atoms with E-state index in [1.807, 2.05) is 0 Å². The van der Waals surface area contributed by atoms with Gasteiger partial charge in [-0.1, -0.05) is 0 Å². The van der Waals surface area contributed by atoms with Crippen LogP contribution in [0.2, 0.25) is 0 Å². The van der Waals surface area contributed by atoms with Crippen LogP contribution in [0.4, 0.5) is 0 Å². The molecule has 1 amide bonds. The fourth-order valence-electron chi connectivity index (χ4n) is 2.25. The van der Waals surface area contributed by atoms with Crippen molar-refractivity contribution in [2.24, 2.45) is 5.92 Å². The van der Waals surface area contributed by atoms with E-state index >= 15 is 0 Å². The standard InChI is InChI=1S/C13H22N2O3/c1-9(16)14-12(13(17)18-2)8-15(11-5-6-11)7-10-3-4-10/h10-12H,3-8H2,1-2H3,(H,14,16). The van der Waals surface area contributed by atoms with Crippen LogP contribution in [0.25, 0.3) is 0 Å². The van der Waals surface area contributed by atoms with E-state index in [0.29, 0.717) is 12.6 Å². The van der Waals surface area contributed by atoms with Gasteiger partial charge in [-0.3, -0.25) is 9.69 Å². The van der Waals surface area contributed by atoms with E-state index in [-0.39, 0.29) is 11.9 Å². The maximum atomic E-state index is 11.7. The van der Waals surface area contributed by atoms with Crippen molar-refractivity contribution >= 4 is 11.9 Å². The van der Waals surface area contributed by atoms with Crippen LogP contribution in [0.3, 0.4) is 0 Å². The molecule has 0 aromatic heterocycles. The predicted octanol–water partition coefficient (Wildman–Crippen LogP) is 0.538. The molecule has 1 atom stereocenters. The highest BCUT2D eigenvalue weighted by Gasteiger charge is 2.36. The van der Waals surface area contributed by atoms with Crippen LogP contribution in [-0.4, -0.2) is 49.1 Å². The van der Waals surface area contributed by atoms with Crippen LogP contribution in [0.1, 0.15) is 32.6 Å². The lowest BCUT2D eigenvalue weighted by atomic mass is 10.2. The number of nitrogens with zero attached hydrogens (tertiary/aromatic N) is 1. The fourth-order valence-corrected chi connectivity index (χ4v) is 2.25. The molecule has 102 valence electrons. The Morgan fingerprint density at radius 1 is 1.33 bits per heavy atom. The van der Waals surface area contributed by atoms with Crippen molar-refractivity contribution in [2.45, 2.75) is 44.7 Å². The molecule has 0 aliphatic heterocycles. The summed E-state index contributed by atoms with van der Waals surface area (Å²) < 4.78 is 4.75. The van der Waals surface area contributed by atoms with Crippen molar-refractivity contribution in [3.05, 3.63) is 0 Å². The summed E-state index contributed by atoms with van der Waals surface area (Å²) in [7, 11) is 1.36. The Hall–Kier alpha value is -1.10. The maximum absolute atomic E-state index is 11.7. The third kappa shape index (κ3) is 3.98. The molecule has 2 aliphatic rings. The van der Waals surface area contributed by atoms with Crippen LogP contribution in [0.15, 0.2) is 0 Å². The topological polar surface area (TPSA) is 58.6 Å². The first-order valence-electron chi connectivity index (χ1n) is 6.69. The van der Waals surface area contributed by atoms with Crippen molar-refractivity contribution in [2.75, 3.05) is 20.2 Å². The molecule has 2 fully saturated rings. The van der Waals surface area contributed by atoms with Gasteiger partial charge in [0.05, 0.1) is 7.11 Å². The molecule has 2 rings (SSSR count). The first-order chi connectivity index (χ1) is 8.60. The van der Waals surface area contributed by atoms with Gasteiger partial charge in [-0.15, -0.1) is 0 Å². The van der Waals surface area contributed by atoms with Gasteiger partial charge in [0.15, 0.2) is 0 Å². The van der Waals surface area contributed by atoms with Gasteiger partial charge in [0, 0.05) is 26.1 Å². The smallest absolute Gasteiger partial charge is 0.329 e. The molecule has 0 aromatic carbocycles. The van der Waals surface area contributed by atoms with Crippen LogP contribution in [0.5, 0.6) is 0 Å². The van der Waals surface area contributed by atoms with E-state index in [4.69, 9.17) is 4.74 Å². The van der Waals surface area contributed by atoms with Crippen LogP contribution >= 0.6 is 0 Å². The number of hydrogen-bond acceptors (Lipinski definition) is 4. The molecule has 5 heteroatoms. The van der Waals surface area contributed by atoms with Gasteiger partial charge in [-0.25, -0.2) is 4.79 Å². The van der Waals surface area contributed by atoms with Crippen molar-refractivity contribution in [3.63, 3.8) is 0 Å². The number of carbonyl (C=O) groups is 2. The second kappa shape index (κ2) is 5.69. The zero-order valence-corrected chi connectivity index (χ0v) is 11.1. The lowest BCUT2D eigenvalue weighted by molar-refractivity contribution is -0.145. The number of esters is 1. The lowest BCUT2D eigenvalue weighted by Crippen LogP contribution is -2.49. The molecule has 2 saturated carbocycles. The summed E-state index contributed by atoms with van der Waals surface area (Å²) in [4.78, 5) is 25.1. The molecule has 1 N–H and O–H groups in total. The van der Waals surface area contributed by atoms with E-state index < -0.39 is 6.04 Å². The minimum atomic E-state index is -0.535. The molecule has 18 heavy (non-hydrogen) atoms. The van der Waals surface area contributed by atoms with E-state index in [0.717, 1.165) is 12.5 Å². The van der Waals surface area contributed by atoms with E-state index in [9.17, 15) is 9.59 Å². The zero-order valence-electron chi connectivity index (χ0n) is 11.1. The summed E-state index contributed by atoms with van der Waals surface area (Å²) in [5.41, 5.74) is 0. The number of methoxy groups -OCH3 is 1. The van der Waals surface area contributed by atoms with E-state index in [2.05, 4.69) is 10.2 Å². The minimum absolute atomic E-state index is 0.187. The van der Waals surface area contributed by atoms with Gasteiger partial charge >= 0.3 is 5.97 Å². The second-order valence-electron chi connectivity index (χ2n) is 5.40. The highest BCUT2D eigenvalue weighted by molar-refractivity contribution is 5.83. The molecule has 5 nitrogen and oxygen atoms in total. The molecule has 1 unspecified atom stereocenters. The molecule has 2 aliphatic carbocycles. The molecular formula is C13H22N2O3. The predicted molar refractivity (Wildman–Crippen MR) is 66.9 cm³/mol. The van der Waals surface area contributed by atoms with E-state index in [1.54, 1.807) is 0 Å². The Morgan fingerprint density at radius 2 is 2.00 bits per heavy atom. The highest BCUT2D eigenvalue weighted by Crippen LogP contribution is 2.34. The van der Waals surface area contributed by atoms with Crippen LogP contribution in [-0.2, 0) is 14.3 Å². The number of amides is 1. The number of rotatable bonds is 7. The average molecular weight is 254 g/mol. The third-order valence-electron chi connectivity index (χ3n) is 3.53. The maximum Gasteiger partial charge on any atom is 0.329 e. The molecule has 0 radical (unpaired) electrons. The summed E-state index contributed by atoms with van der Waals surface area (Å²) in [6.07, 6.45) is 5.01. The average Bonchev–Trinajstić information content (AvgIpc) is 3.15. The Kier molecular flexibility index (Phi) is 4.22. The fraction of sp³-hybridized carbons (Fsp3) is 0.846. The first kappa shape index (κ1) is 13.3. The third-order valence-corrected chi connectivity index (χ3v) is 3.53. The van der Waals surface area contributed by atoms with Crippen LogP contribution < -0.4 is 5.32 Å². The van der Waals surface area contributed by atoms with Gasteiger partial charge in [0.1, 0.15) is 6.04 Å². The number of nitrogens with one attached hydrogen (secondary N) is 1. The lowest BCUT2D eigenvalue weighted by Gasteiger charge is -2.26. The van der Waals surface area contributed by atoms with Gasteiger partial charge in [-0.05, 0) is 31.6 Å². The summed E-state index contributed by atoms with van der Waals surface area (Å²) in [5.74, 6) is 0.250.